The number of halogens is 1. The van der Waals surface area contributed by atoms with E-state index in [1.54, 1.807) is 0 Å². The van der Waals surface area contributed by atoms with Gasteiger partial charge in [-0.2, -0.15) is 5.10 Å². The fourth-order valence-corrected chi connectivity index (χ4v) is 2.72. The zero-order valence-electron chi connectivity index (χ0n) is 11.4. The predicted molar refractivity (Wildman–Crippen MR) is 79.0 cm³/mol. The first-order chi connectivity index (χ1) is 9.01. The van der Waals surface area contributed by atoms with Gasteiger partial charge in [-0.1, -0.05) is 15.9 Å². The Labute approximate surface area is 121 Å². The Morgan fingerprint density at radius 1 is 1.32 bits per heavy atom. The van der Waals surface area contributed by atoms with E-state index in [9.17, 15) is 0 Å². The molecule has 0 unspecified atom stereocenters. The Morgan fingerprint density at radius 2 is 2.05 bits per heavy atom. The molecule has 5 heteroatoms. The third-order valence-corrected chi connectivity index (χ3v) is 3.46. The van der Waals surface area contributed by atoms with Crippen LogP contribution in [0.2, 0.25) is 0 Å². The van der Waals surface area contributed by atoms with Crippen LogP contribution in [0.15, 0.2) is 22.7 Å². The quantitative estimate of drug-likeness (QED) is 0.941. The lowest BCUT2D eigenvalue weighted by atomic mass is 10.1. The lowest BCUT2D eigenvalue weighted by molar-refractivity contribution is 0.290. The van der Waals surface area contributed by atoms with Gasteiger partial charge in [0.1, 0.15) is 12.4 Å². The molecule has 2 rings (SSSR count). The molecule has 4 nitrogen and oxygen atoms in total. The van der Waals surface area contributed by atoms with Crippen molar-refractivity contribution in [2.75, 3.05) is 0 Å². The van der Waals surface area contributed by atoms with Crippen molar-refractivity contribution in [3.8, 4) is 5.75 Å². The summed E-state index contributed by atoms with van der Waals surface area (Å²) in [5, 5.41) is 4.31. The largest absolute Gasteiger partial charge is 0.487 e. The molecule has 0 spiro atoms. The highest BCUT2D eigenvalue weighted by atomic mass is 79.9. The van der Waals surface area contributed by atoms with Crippen LogP contribution in [0.1, 0.15) is 22.5 Å². The summed E-state index contributed by atoms with van der Waals surface area (Å²) >= 11 is 3.47. The molecule has 1 aromatic heterocycles. The van der Waals surface area contributed by atoms with Crippen LogP contribution < -0.4 is 10.5 Å². The van der Waals surface area contributed by atoms with Crippen molar-refractivity contribution in [2.24, 2.45) is 12.8 Å². The summed E-state index contributed by atoms with van der Waals surface area (Å²) in [5.74, 6) is 0.865. The lowest BCUT2D eigenvalue weighted by Crippen LogP contribution is -2.07. The van der Waals surface area contributed by atoms with E-state index in [-0.39, 0.29) is 0 Å². The number of aromatic nitrogens is 2. The van der Waals surface area contributed by atoms with Gasteiger partial charge < -0.3 is 10.5 Å². The van der Waals surface area contributed by atoms with Crippen LogP contribution in [0, 0.1) is 13.8 Å². The van der Waals surface area contributed by atoms with E-state index in [2.05, 4.69) is 21.0 Å². The molecule has 0 bridgehead atoms. The Balaban J connectivity index is 2.22. The SMILES string of the molecule is Cc1cc(COc2c(C)cc(Br)cc2CN)n(C)n1. The van der Waals surface area contributed by atoms with Gasteiger partial charge in [0.15, 0.2) is 0 Å². The molecule has 0 saturated heterocycles. The van der Waals surface area contributed by atoms with Gasteiger partial charge in [-0.15, -0.1) is 0 Å². The van der Waals surface area contributed by atoms with E-state index >= 15 is 0 Å². The first-order valence-corrected chi connectivity index (χ1v) is 6.92. The van der Waals surface area contributed by atoms with E-state index < -0.39 is 0 Å². The minimum absolute atomic E-state index is 0.458. The van der Waals surface area contributed by atoms with Crippen molar-refractivity contribution in [1.82, 2.24) is 9.78 Å². The summed E-state index contributed by atoms with van der Waals surface area (Å²) in [4.78, 5) is 0. The van der Waals surface area contributed by atoms with Crippen molar-refractivity contribution in [3.05, 3.63) is 45.2 Å². The number of rotatable bonds is 4. The average Bonchev–Trinajstić information content (AvgIpc) is 2.65. The van der Waals surface area contributed by atoms with Crippen molar-refractivity contribution in [3.63, 3.8) is 0 Å². The Bertz CT molecular complexity index is 593. The number of ether oxygens (including phenoxy) is 1. The minimum atomic E-state index is 0.458. The number of aryl methyl sites for hydroxylation is 3. The zero-order valence-corrected chi connectivity index (χ0v) is 13.0. The number of nitrogens with two attached hydrogens (primary N) is 1. The second-order valence-electron chi connectivity index (χ2n) is 4.60. The number of hydrogen-bond donors (Lipinski definition) is 1. The molecule has 0 atom stereocenters. The molecule has 0 radical (unpaired) electrons. The second kappa shape index (κ2) is 5.75. The monoisotopic (exact) mass is 323 g/mol. The standard InChI is InChI=1S/C14H18BrN3O/c1-9-4-12(15)6-11(7-16)14(9)19-8-13-5-10(2)17-18(13)3/h4-6H,7-8,16H2,1-3H3. The molecule has 0 aliphatic heterocycles. The molecule has 1 heterocycles. The maximum atomic E-state index is 5.93. The molecule has 0 aliphatic carbocycles. The highest BCUT2D eigenvalue weighted by molar-refractivity contribution is 9.10. The summed E-state index contributed by atoms with van der Waals surface area (Å²) in [5.41, 5.74) is 9.89. The van der Waals surface area contributed by atoms with Crippen LogP contribution in [0.3, 0.4) is 0 Å². The van der Waals surface area contributed by atoms with Crippen LogP contribution in [-0.4, -0.2) is 9.78 Å². The van der Waals surface area contributed by atoms with Crippen molar-refractivity contribution in [1.29, 1.82) is 0 Å². The average molecular weight is 324 g/mol. The molecule has 0 amide bonds. The van der Waals surface area contributed by atoms with Crippen LogP contribution in [0.5, 0.6) is 5.75 Å². The lowest BCUT2D eigenvalue weighted by Gasteiger charge is -2.14. The first kappa shape index (κ1) is 14.1. The number of benzene rings is 1. The van der Waals surface area contributed by atoms with Crippen molar-refractivity contribution >= 4 is 15.9 Å². The van der Waals surface area contributed by atoms with E-state index in [0.717, 1.165) is 32.7 Å². The summed E-state index contributed by atoms with van der Waals surface area (Å²) in [6.45, 7) is 4.94. The second-order valence-corrected chi connectivity index (χ2v) is 5.52. The number of nitrogens with zero attached hydrogens (tertiary/aromatic N) is 2. The molecular weight excluding hydrogens is 306 g/mol. The minimum Gasteiger partial charge on any atom is -0.487 e. The van der Waals surface area contributed by atoms with Gasteiger partial charge in [0.25, 0.3) is 0 Å². The Hall–Kier alpha value is -1.33. The molecule has 2 N–H and O–H groups in total. The summed E-state index contributed by atoms with van der Waals surface area (Å²) in [7, 11) is 1.92. The van der Waals surface area contributed by atoms with E-state index in [0.29, 0.717) is 13.2 Å². The van der Waals surface area contributed by atoms with Crippen LogP contribution in [0.25, 0.3) is 0 Å². The Kier molecular flexibility index (Phi) is 4.27. The zero-order chi connectivity index (χ0) is 14.0. The smallest absolute Gasteiger partial charge is 0.130 e. The van der Waals surface area contributed by atoms with Crippen LogP contribution in [-0.2, 0) is 20.2 Å². The van der Waals surface area contributed by atoms with Gasteiger partial charge in [-0.3, -0.25) is 4.68 Å². The third kappa shape index (κ3) is 3.16. The summed E-state index contributed by atoms with van der Waals surface area (Å²) in [6.07, 6.45) is 0. The summed E-state index contributed by atoms with van der Waals surface area (Å²) < 4.78 is 8.79. The van der Waals surface area contributed by atoms with Crippen LogP contribution in [0.4, 0.5) is 0 Å². The fourth-order valence-electron chi connectivity index (χ4n) is 2.10. The Morgan fingerprint density at radius 3 is 2.63 bits per heavy atom. The summed E-state index contributed by atoms with van der Waals surface area (Å²) in [6, 6.07) is 6.05. The highest BCUT2D eigenvalue weighted by Gasteiger charge is 2.10. The molecule has 2 aromatic rings. The van der Waals surface area contributed by atoms with E-state index in [4.69, 9.17) is 10.5 Å². The number of hydrogen-bond acceptors (Lipinski definition) is 3. The molecule has 19 heavy (non-hydrogen) atoms. The van der Waals surface area contributed by atoms with Crippen molar-refractivity contribution in [2.45, 2.75) is 27.0 Å². The normalized spacial score (nSPS) is 10.8. The molecule has 0 saturated carbocycles. The molecule has 102 valence electrons. The topological polar surface area (TPSA) is 53.1 Å². The van der Waals surface area contributed by atoms with Crippen molar-refractivity contribution < 1.29 is 4.74 Å². The van der Waals surface area contributed by atoms with Crippen LogP contribution >= 0.6 is 15.9 Å². The van der Waals surface area contributed by atoms with Gasteiger partial charge in [-0.05, 0) is 37.6 Å². The highest BCUT2D eigenvalue weighted by Crippen LogP contribution is 2.28. The van der Waals surface area contributed by atoms with Gasteiger partial charge in [0, 0.05) is 23.6 Å². The van der Waals surface area contributed by atoms with Gasteiger partial charge in [-0.25, -0.2) is 0 Å². The van der Waals surface area contributed by atoms with E-state index in [1.807, 2.05) is 43.8 Å². The predicted octanol–water partition coefficient (Wildman–Crippen LogP) is 2.84. The van der Waals surface area contributed by atoms with Gasteiger partial charge in [0.05, 0.1) is 11.4 Å². The van der Waals surface area contributed by atoms with Gasteiger partial charge >= 0.3 is 0 Å². The molecular formula is C14H18BrN3O. The molecule has 0 aliphatic rings. The third-order valence-electron chi connectivity index (χ3n) is 3.00. The molecule has 1 aromatic carbocycles. The maximum absolute atomic E-state index is 5.93. The molecule has 0 fully saturated rings. The first-order valence-electron chi connectivity index (χ1n) is 6.12. The van der Waals surface area contributed by atoms with E-state index in [1.165, 1.54) is 0 Å². The van der Waals surface area contributed by atoms with Gasteiger partial charge in [0.2, 0.25) is 0 Å². The maximum Gasteiger partial charge on any atom is 0.130 e. The fraction of sp³-hybridized carbons (Fsp3) is 0.357.